The van der Waals surface area contributed by atoms with Crippen molar-refractivity contribution in [2.45, 2.75) is 52.4 Å². The second kappa shape index (κ2) is 8.25. The second-order valence-electron chi connectivity index (χ2n) is 9.56. The molecular weight excluding hydrogens is 466 g/mol. The van der Waals surface area contributed by atoms with Crippen molar-refractivity contribution in [3.05, 3.63) is 47.1 Å². The summed E-state index contributed by atoms with van der Waals surface area (Å²) in [6, 6.07) is 9.24. The lowest BCUT2D eigenvalue weighted by Gasteiger charge is -2.36. The molecule has 0 aliphatic rings. The van der Waals surface area contributed by atoms with E-state index < -0.39 is 14.9 Å². The van der Waals surface area contributed by atoms with E-state index in [9.17, 15) is 8.78 Å². The highest BCUT2D eigenvalue weighted by molar-refractivity contribution is 6.74. The molecular formula is C24H25ClF2N2O3Si. The number of nitrogens with zero attached hydrogens (tertiary/aromatic N) is 2. The van der Waals surface area contributed by atoms with E-state index in [0.717, 1.165) is 10.9 Å². The van der Waals surface area contributed by atoms with Gasteiger partial charge in [-0.2, -0.15) is 8.78 Å². The van der Waals surface area contributed by atoms with E-state index in [-0.39, 0.29) is 10.9 Å². The molecule has 2 heterocycles. The zero-order chi connectivity index (χ0) is 24.1. The van der Waals surface area contributed by atoms with Crippen LogP contribution < -0.4 is 9.16 Å². The number of aryl methyl sites for hydroxylation is 1. The summed E-state index contributed by atoms with van der Waals surface area (Å²) in [6.07, 6.45) is 1.17. The fourth-order valence-electron chi connectivity index (χ4n) is 3.31. The van der Waals surface area contributed by atoms with Crippen molar-refractivity contribution >= 4 is 41.9 Å². The Bertz CT molecular complexity index is 1350. The van der Waals surface area contributed by atoms with Gasteiger partial charge in [0.05, 0.1) is 22.3 Å². The SMILES string of the molecule is Cc1cc(-c2cc3cc(O[Si](C)(C)C(C)(C)C)cc(Cl)c3o2)c2ncc(OC(F)F)nc2c1. The first-order chi connectivity index (χ1) is 15.3. The van der Waals surface area contributed by atoms with Crippen LogP contribution in [0.15, 0.2) is 40.9 Å². The minimum atomic E-state index is -2.97. The van der Waals surface area contributed by atoms with Crippen molar-refractivity contribution in [1.82, 2.24) is 9.97 Å². The van der Waals surface area contributed by atoms with Gasteiger partial charge in [-0.15, -0.1) is 0 Å². The number of fused-ring (bicyclic) bond motifs is 2. The third kappa shape index (κ3) is 4.68. The number of ether oxygens (including phenoxy) is 1. The molecule has 0 amide bonds. The van der Waals surface area contributed by atoms with Crippen LogP contribution in [-0.4, -0.2) is 24.9 Å². The molecule has 0 radical (unpaired) electrons. The Morgan fingerprint density at radius 2 is 1.82 bits per heavy atom. The molecule has 0 atom stereocenters. The topological polar surface area (TPSA) is 57.4 Å². The van der Waals surface area contributed by atoms with Gasteiger partial charge in [-0.25, -0.2) is 9.97 Å². The van der Waals surface area contributed by atoms with Crippen molar-refractivity contribution < 1.29 is 22.4 Å². The van der Waals surface area contributed by atoms with Crippen LogP contribution in [0.4, 0.5) is 8.78 Å². The molecule has 0 fully saturated rings. The van der Waals surface area contributed by atoms with Gasteiger partial charge in [0.2, 0.25) is 14.2 Å². The minimum absolute atomic E-state index is 0.0437. The largest absolute Gasteiger partial charge is 0.543 e. The molecule has 174 valence electrons. The van der Waals surface area contributed by atoms with Crippen LogP contribution in [0, 0.1) is 6.92 Å². The summed E-state index contributed by atoms with van der Waals surface area (Å²) < 4.78 is 42.1. The van der Waals surface area contributed by atoms with Crippen molar-refractivity contribution in [3.63, 3.8) is 0 Å². The van der Waals surface area contributed by atoms with Crippen LogP contribution in [0.5, 0.6) is 11.6 Å². The van der Waals surface area contributed by atoms with E-state index in [0.29, 0.717) is 38.7 Å². The smallest absolute Gasteiger partial charge is 0.388 e. The Kier molecular flexibility index (Phi) is 5.86. The third-order valence-electron chi connectivity index (χ3n) is 5.97. The molecule has 0 saturated carbocycles. The molecule has 0 unspecified atom stereocenters. The molecule has 9 heteroatoms. The number of halogens is 3. The van der Waals surface area contributed by atoms with Crippen molar-refractivity contribution in [3.8, 4) is 23.0 Å². The molecule has 4 rings (SSSR count). The van der Waals surface area contributed by atoms with E-state index in [2.05, 4.69) is 48.6 Å². The maximum Gasteiger partial charge on any atom is 0.388 e. The van der Waals surface area contributed by atoms with Gasteiger partial charge < -0.3 is 13.6 Å². The molecule has 2 aromatic heterocycles. The number of alkyl halides is 2. The van der Waals surface area contributed by atoms with Crippen LogP contribution >= 0.6 is 11.6 Å². The first-order valence-corrected chi connectivity index (χ1v) is 13.8. The van der Waals surface area contributed by atoms with Crippen LogP contribution in [0.3, 0.4) is 0 Å². The number of aromatic nitrogens is 2. The standard InChI is InChI=1S/C24H25ClF2N2O3Si/c1-13-7-16(21-18(8-13)29-20(12-28-21)31-23(26)27)19-10-14-9-15(11-17(25)22(14)30-19)32-33(5,6)24(2,3)4/h7-12,23H,1-6H3. The highest BCUT2D eigenvalue weighted by atomic mass is 35.5. The molecule has 5 nitrogen and oxygen atoms in total. The lowest BCUT2D eigenvalue weighted by atomic mass is 10.1. The summed E-state index contributed by atoms with van der Waals surface area (Å²) in [6.45, 7) is 9.79. The minimum Gasteiger partial charge on any atom is -0.543 e. The van der Waals surface area contributed by atoms with Gasteiger partial charge in [0, 0.05) is 17.0 Å². The van der Waals surface area contributed by atoms with Crippen molar-refractivity contribution in [2.24, 2.45) is 0 Å². The number of hydrogen-bond donors (Lipinski definition) is 0. The van der Waals surface area contributed by atoms with Gasteiger partial charge >= 0.3 is 6.61 Å². The Morgan fingerprint density at radius 1 is 1.09 bits per heavy atom. The number of benzene rings is 2. The zero-order valence-corrected chi connectivity index (χ0v) is 21.1. The van der Waals surface area contributed by atoms with Gasteiger partial charge in [-0.3, -0.25) is 0 Å². The third-order valence-corrected chi connectivity index (χ3v) is 10.6. The van der Waals surface area contributed by atoms with E-state index in [1.165, 1.54) is 6.20 Å². The average molecular weight is 491 g/mol. The molecule has 4 aromatic rings. The van der Waals surface area contributed by atoms with Crippen LogP contribution in [-0.2, 0) is 0 Å². The van der Waals surface area contributed by atoms with Crippen LogP contribution in [0.2, 0.25) is 23.2 Å². The molecule has 0 spiro atoms. The van der Waals surface area contributed by atoms with Crippen LogP contribution in [0.1, 0.15) is 26.3 Å². The second-order valence-corrected chi connectivity index (χ2v) is 14.7. The maximum atomic E-state index is 12.6. The molecule has 0 N–H and O–H groups in total. The maximum absolute atomic E-state index is 12.6. The van der Waals surface area contributed by atoms with Gasteiger partial charge in [-0.1, -0.05) is 32.4 Å². The summed E-state index contributed by atoms with van der Waals surface area (Å²) in [7, 11) is -2.05. The van der Waals surface area contributed by atoms with E-state index in [1.807, 2.05) is 25.1 Å². The van der Waals surface area contributed by atoms with Gasteiger partial charge in [-0.05, 0) is 54.9 Å². The van der Waals surface area contributed by atoms with Gasteiger partial charge in [0.25, 0.3) is 0 Å². The van der Waals surface area contributed by atoms with Crippen molar-refractivity contribution in [2.75, 3.05) is 0 Å². The number of rotatable bonds is 5. The van der Waals surface area contributed by atoms with Gasteiger partial charge in [0.1, 0.15) is 11.5 Å². The molecule has 0 saturated heterocycles. The van der Waals surface area contributed by atoms with E-state index >= 15 is 0 Å². The first-order valence-electron chi connectivity index (χ1n) is 10.5. The van der Waals surface area contributed by atoms with E-state index in [4.69, 9.17) is 20.4 Å². The highest BCUT2D eigenvalue weighted by Crippen LogP contribution is 2.41. The fourth-order valence-corrected chi connectivity index (χ4v) is 4.58. The van der Waals surface area contributed by atoms with Crippen molar-refractivity contribution in [1.29, 1.82) is 0 Å². The molecule has 33 heavy (non-hydrogen) atoms. The average Bonchev–Trinajstić information content (AvgIpc) is 3.10. The lowest BCUT2D eigenvalue weighted by Crippen LogP contribution is -2.43. The summed E-state index contributed by atoms with van der Waals surface area (Å²) in [5.74, 6) is 1.00. The number of furan rings is 1. The quantitative estimate of drug-likeness (QED) is 0.265. The normalized spacial score (nSPS) is 12.7. The predicted molar refractivity (Wildman–Crippen MR) is 129 cm³/mol. The van der Waals surface area contributed by atoms with Crippen LogP contribution in [0.25, 0.3) is 33.3 Å². The van der Waals surface area contributed by atoms with Gasteiger partial charge in [0.15, 0.2) is 5.58 Å². The molecule has 2 aromatic carbocycles. The summed E-state index contributed by atoms with van der Waals surface area (Å²) in [5, 5.41) is 1.29. The molecule has 0 aliphatic carbocycles. The summed E-state index contributed by atoms with van der Waals surface area (Å²) in [4.78, 5) is 8.47. The first kappa shape index (κ1) is 23.4. The summed E-state index contributed by atoms with van der Waals surface area (Å²) >= 11 is 6.55. The Balaban J connectivity index is 1.80. The zero-order valence-electron chi connectivity index (χ0n) is 19.3. The molecule has 0 aliphatic heterocycles. The molecule has 0 bridgehead atoms. The monoisotopic (exact) mass is 490 g/mol. The van der Waals surface area contributed by atoms with E-state index in [1.54, 1.807) is 12.1 Å². The Morgan fingerprint density at radius 3 is 2.48 bits per heavy atom. The fraction of sp³-hybridized carbons (Fsp3) is 0.333. The Hall–Kier alpha value is -2.71. The Labute approximate surface area is 196 Å². The lowest BCUT2D eigenvalue weighted by molar-refractivity contribution is -0.0528. The summed E-state index contributed by atoms with van der Waals surface area (Å²) in [5.41, 5.74) is 3.02. The number of hydrogen-bond acceptors (Lipinski definition) is 5. The predicted octanol–water partition coefficient (Wildman–Crippen LogP) is 7.99. The highest BCUT2D eigenvalue weighted by Gasteiger charge is 2.39.